The molecule has 0 unspecified atom stereocenters. The molecule has 0 heterocycles. The summed E-state index contributed by atoms with van der Waals surface area (Å²) in [5, 5.41) is 0. The Balaban J connectivity index is 2.09. The monoisotopic (exact) mass is 306 g/mol. The molecule has 0 spiro atoms. The lowest BCUT2D eigenvalue weighted by Crippen LogP contribution is -2.18. The van der Waals surface area contributed by atoms with Gasteiger partial charge in [0.2, 0.25) is 0 Å². The number of carbonyl (C=O) groups excluding carboxylic acids is 2. The summed E-state index contributed by atoms with van der Waals surface area (Å²) < 4.78 is 9.76. The highest BCUT2D eigenvalue weighted by atomic mass is 35.5. The summed E-state index contributed by atoms with van der Waals surface area (Å²) in [7, 11) is 0. The lowest BCUT2D eigenvalue weighted by molar-refractivity contribution is -0.146. The smallest absolute Gasteiger partial charge is 0.346 e. The van der Waals surface area contributed by atoms with E-state index in [4.69, 9.17) is 16.3 Å². The molecule has 0 saturated heterocycles. The average molecular weight is 307 g/mol. The SMILES string of the molecule is O=C(OCCl)C(=CC=Cc1ccccc1)C(=O)OC1CC1. The highest BCUT2D eigenvalue weighted by molar-refractivity contribution is 6.19. The first-order chi connectivity index (χ1) is 10.2. The van der Waals surface area contributed by atoms with E-state index >= 15 is 0 Å². The van der Waals surface area contributed by atoms with Gasteiger partial charge in [-0.15, -0.1) is 0 Å². The summed E-state index contributed by atoms with van der Waals surface area (Å²) in [4.78, 5) is 23.6. The third kappa shape index (κ3) is 5.08. The van der Waals surface area contributed by atoms with Gasteiger partial charge in [0, 0.05) is 0 Å². The van der Waals surface area contributed by atoms with E-state index in [1.165, 1.54) is 6.08 Å². The topological polar surface area (TPSA) is 52.6 Å². The van der Waals surface area contributed by atoms with Crippen molar-refractivity contribution in [1.82, 2.24) is 0 Å². The Kier molecular flexibility index (Phi) is 5.58. The molecule has 0 atom stereocenters. The largest absolute Gasteiger partial charge is 0.459 e. The van der Waals surface area contributed by atoms with E-state index in [0.717, 1.165) is 18.4 Å². The number of benzene rings is 1. The third-order valence-corrected chi connectivity index (χ3v) is 2.88. The molecule has 1 fully saturated rings. The van der Waals surface area contributed by atoms with Crippen LogP contribution in [0.3, 0.4) is 0 Å². The molecule has 1 aliphatic rings. The van der Waals surface area contributed by atoms with Gasteiger partial charge < -0.3 is 9.47 Å². The second-order valence-electron chi connectivity index (χ2n) is 4.50. The highest BCUT2D eigenvalue weighted by Gasteiger charge is 2.30. The Bertz CT molecular complexity index is 559. The predicted octanol–water partition coefficient (Wildman–Crippen LogP) is 3.07. The molecule has 110 valence electrons. The van der Waals surface area contributed by atoms with Crippen LogP contribution >= 0.6 is 11.6 Å². The number of ether oxygens (including phenoxy) is 2. The number of hydrogen-bond acceptors (Lipinski definition) is 4. The van der Waals surface area contributed by atoms with Gasteiger partial charge >= 0.3 is 11.9 Å². The van der Waals surface area contributed by atoms with Gasteiger partial charge in [-0.2, -0.15) is 0 Å². The quantitative estimate of drug-likeness (QED) is 0.202. The molecule has 4 nitrogen and oxygen atoms in total. The first-order valence-electron chi connectivity index (χ1n) is 6.58. The standard InChI is InChI=1S/C16H15ClO4/c17-11-20-15(18)14(16(19)21-13-9-10-13)8-4-7-12-5-2-1-3-6-12/h1-8,13H,9-11H2. The number of carbonyl (C=O) groups is 2. The van der Waals surface area contributed by atoms with E-state index < -0.39 is 11.9 Å². The van der Waals surface area contributed by atoms with Gasteiger partial charge in [-0.3, -0.25) is 0 Å². The van der Waals surface area contributed by atoms with Gasteiger partial charge in [-0.25, -0.2) is 9.59 Å². The zero-order valence-corrected chi connectivity index (χ0v) is 12.1. The fourth-order valence-corrected chi connectivity index (χ4v) is 1.67. The number of esters is 2. The van der Waals surface area contributed by atoms with Crippen molar-refractivity contribution >= 4 is 29.6 Å². The van der Waals surface area contributed by atoms with E-state index in [1.807, 2.05) is 30.3 Å². The second kappa shape index (κ2) is 7.64. The van der Waals surface area contributed by atoms with E-state index in [2.05, 4.69) is 4.74 Å². The van der Waals surface area contributed by atoms with Crippen LogP contribution < -0.4 is 0 Å². The molecule has 1 aromatic carbocycles. The van der Waals surface area contributed by atoms with Crippen molar-refractivity contribution < 1.29 is 19.1 Å². The van der Waals surface area contributed by atoms with E-state index in [9.17, 15) is 9.59 Å². The molecule has 1 aromatic rings. The molecule has 0 aromatic heterocycles. The summed E-state index contributed by atoms with van der Waals surface area (Å²) in [5.41, 5.74) is 0.795. The summed E-state index contributed by atoms with van der Waals surface area (Å²) in [5.74, 6) is -1.46. The van der Waals surface area contributed by atoms with Crippen LogP contribution in [-0.4, -0.2) is 24.1 Å². The van der Waals surface area contributed by atoms with Crippen molar-refractivity contribution in [3.63, 3.8) is 0 Å². The van der Waals surface area contributed by atoms with Gasteiger partial charge in [0.05, 0.1) is 0 Å². The number of rotatable bonds is 6. The molecule has 0 N–H and O–H groups in total. The first kappa shape index (κ1) is 15.3. The maximum Gasteiger partial charge on any atom is 0.346 e. The number of hydrogen-bond donors (Lipinski definition) is 0. The molecule has 0 aliphatic heterocycles. The second-order valence-corrected chi connectivity index (χ2v) is 4.71. The Morgan fingerprint density at radius 3 is 2.52 bits per heavy atom. The summed E-state index contributed by atoms with van der Waals surface area (Å²) >= 11 is 5.35. The number of allylic oxidation sites excluding steroid dienone is 2. The fourth-order valence-electron chi connectivity index (χ4n) is 1.57. The molecule has 1 saturated carbocycles. The predicted molar refractivity (Wildman–Crippen MR) is 79.5 cm³/mol. The minimum Gasteiger partial charge on any atom is -0.459 e. The maximum absolute atomic E-state index is 11.9. The molecule has 2 rings (SSSR count). The van der Waals surface area contributed by atoms with Gasteiger partial charge in [-0.05, 0) is 24.5 Å². The Morgan fingerprint density at radius 1 is 1.19 bits per heavy atom. The fraction of sp³-hybridized carbons (Fsp3) is 0.250. The van der Waals surface area contributed by atoms with E-state index in [1.54, 1.807) is 12.2 Å². The molecule has 5 heteroatoms. The summed E-state index contributed by atoms with van der Waals surface area (Å²) in [6.45, 7) is 0. The summed E-state index contributed by atoms with van der Waals surface area (Å²) in [6.07, 6.45) is 6.36. The van der Waals surface area contributed by atoms with Crippen LogP contribution in [0, 0.1) is 0 Å². The molecule has 0 radical (unpaired) electrons. The van der Waals surface area contributed by atoms with Crippen LogP contribution in [0.15, 0.2) is 48.1 Å². The summed E-state index contributed by atoms with van der Waals surface area (Å²) in [6, 6.07) is 9.20. The maximum atomic E-state index is 11.9. The van der Waals surface area contributed by atoms with Crippen LogP contribution in [0.5, 0.6) is 0 Å². The van der Waals surface area contributed by atoms with Crippen molar-refractivity contribution in [2.24, 2.45) is 0 Å². The van der Waals surface area contributed by atoms with Gasteiger partial charge in [0.1, 0.15) is 11.7 Å². The lowest BCUT2D eigenvalue weighted by atomic mass is 10.2. The van der Waals surface area contributed by atoms with Crippen LogP contribution in [0.1, 0.15) is 18.4 Å². The van der Waals surface area contributed by atoms with Crippen LogP contribution in [0.25, 0.3) is 6.08 Å². The zero-order chi connectivity index (χ0) is 15.1. The Morgan fingerprint density at radius 2 is 1.90 bits per heavy atom. The van der Waals surface area contributed by atoms with Crippen molar-refractivity contribution in [2.75, 3.05) is 6.07 Å². The van der Waals surface area contributed by atoms with Crippen LogP contribution in [0.2, 0.25) is 0 Å². The molecular formula is C16H15ClO4. The van der Waals surface area contributed by atoms with Gasteiger partial charge in [0.15, 0.2) is 6.07 Å². The van der Waals surface area contributed by atoms with Crippen LogP contribution in [-0.2, 0) is 19.1 Å². The molecular weight excluding hydrogens is 292 g/mol. The average Bonchev–Trinajstić information content (AvgIpc) is 3.28. The molecule has 21 heavy (non-hydrogen) atoms. The Hall–Kier alpha value is -2.07. The van der Waals surface area contributed by atoms with Crippen LogP contribution in [0.4, 0.5) is 0 Å². The zero-order valence-electron chi connectivity index (χ0n) is 11.3. The van der Waals surface area contributed by atoms with Crippen molar-refractivity contribution in [2.45, 2.75) is 18.9 Å². The van der Waals surface area contributed by atoms with Crippen molar-refractivity contribution in [3.8, 4) is 0 Å². The number of halogens is 1. The molecule has 1 aliphatic carbocycles. The minimum atomic E-state index is -0.784. The van der Waals surface area contributed by atoms with Crippen molar-refractivity contribution in [3.05, 3.63) is 53.6 Å². The van der Waals surface area contributed by atoms with Crippen molar-refractivity contribution in [1.29, 1.82) is 0 Å². The van der Waals surface area contributed by atoms with Gasteiger partial charge in [0.25, 0.3) is 0 Å². The highest BCUT2D eigenvalue weighted by Crippen LogP contribution is 2.24. The van der Waals surface area contributed by atoms with Gasteiger partial charge in [-0.1, -0.05) is 54.1 Å². The molecule has 0 bridgehead atoms. The lowest BCUT2D eigenvalue weighted by Gasteiger charge is -2.05. The third-order valence-electron chi connectivity index (χ3n) is 2.77. The minimum absolute atomic E-state index is 0.0807. The van der Waals surface area contributed by atoms with E-state index in [-0.39, 0.29) is 17.7 Å². The van der Waals surface area contributed by atoms with E-state index in [0.29, 0.717) is 0 Å². The number of alkyl halides is 1. The Labute approximate surface area is 128 Å². The molecule has 0 amide bonds. The normalized spacial score (nSPS) is 15.0. The first-order valence-corrected chi connectivity index (χ1v) is 7.11.